The molecule has 7 nitrogen and oxygen atoms in total. The lowest BCUT2D eigenvalue weighted by molar-refractivity contribution is -0.125. The van der Waals surface area contributed by atoms with Crippen LogP contribution in [-0.4, -0.2) is 38.8 Å². The molecule has 2 aromatic rings. The summed E-state index contributed by atoms with van der Waals surface area (Å²) < 4.78 is 10.4. The molecule has 2 amide bonds. The minimum absolute atomic E-state index is 0.150. The Bertz CT molecular complexity index is 776. The maximum absolute atomic E-state index is 11.8. The van der Waals surface area contributed by atoms with Crippen molar-refractivity contribution in [2.24, 2.45) is 5.10 Å². The van der Waals surface area contributed by atoms with Gasteiger partial charge in [0.2, 0.25) is 5.91 Å². The van der Waals surface area contributed by atoms with E-state index in [1.54, 1.807) is 25.3 Å². The molecule has 0 bridgehead atoms. The van der Waals surface area contributed by atoms with Gasteiger partial charge in [-0.1, -0.05) is 30.3 Å². The van der Waals surface area contributed by atoms with Crippen LogP contribution in [0.4, 0.5) is 0 Å². The number of hydrazone groups is 1. The van der Waals surface area contributed by atoms with Crippen LogP contribution in [0.2, 0.25) is 0 Å². The summed E-state index contributed by atoms with van der Waals surface area (Å²) in [5.74, 6) is 0.574. The molecule has 0 atom stereocenters. The van der Waals surface area contributed by atoms with Crippen molar-refractivity contribution in [1.82, 2.24) is 10.7 Å². The highest BCUT2D eigenvalue weighted by Crippen LogP contribution is 2.22. The first-order valence-electron chi connectivity index (χ1n) is 7.97. The summed E-state index contributed by atoms with van der Waals surface area (Å²) in [5.41, 5.74) is 3.93. The van der Waals surface area contributed by atoms with E-state index in [1.165, 1.54) is 13.3 Å². The van der Waals surface area contributed by atoms with Gasteiger partial charge < -0.3 is 14.8 Å². The topological polar surface area (TPSA) is 89.0 Å². The zero-order chi connectivity index (χ0) is 18.8. The summed E-state index contributed by atoms with van der Waals surface area (Å²) in [6, 6.07) is 14.5. The van der Waals surface area contributed by atoms with Crippen molar-refractivity contribution in [3.63, 3.8) is 0 Å². The van der Waals surface area contributed by atoms with Gasteiger partial charge in [0.1, 0.15) is 11.5 Å². The molecule has 0 saturated heterocycles. The second kappa shape index (κ2) is 9.83. The van der Waals surface area contributed by atoms with Crippen LogP contribution < -0.4 is 20.2 Å². The second-order valence-electron chi connectivity index (χ2n) is 5.34. The predicted molar refractivity (Wildman–Crippen MR) is 98.4 cm³/mol. The molecule has 0 heterocycles. The van der Waals surface area contributed by atoms with E-state index >= 15 is 0 Å². The first-order chi connectivity index (χ1) is 12.6. The number of carbonyl (C=O) groups is 2. The Hall–Kier alpha value is -3.35. The van der Waals surface area contributed by atoms with Gasteiger partial charge in [-0.05, 0) is 17.7 Å². The van der Waals surface area contributed by atoms with Gasteiger partial charge in [0.05, 0.1) is 33.4 Å². The summed E-state index contributed by atoms with van der Waals surface area (Å²) >= 11 is 0. The van der Waals surface area contributed by atoms with E-state index in [1.807, 2.05) is 30.3 Å². The summed E-state index contributed by atoms with van der Waals surface area (Å²) in [4.78, 5) is 23.6. The molecule has 0 unspecified atom stereocenters. The molecule has 7 heteroatoms. The van der Waals surface area contributed by atoms with E-state index in [4.69, 9.17) is 9.47 Å². The SMILES string of the molecule is COc1ccc(/C=N/NC(=O)CNC(=O)Cc2ccccc2)c(OC)c1. The fourth-order valence-electron chi connectivity index (χ4n) is 2.16. The van der Waals surface area contributed by atoms with Crippen LogP contribution in [0.15, 0.2) is 53.6 Å². The standard InChI is InChI=1S/C19H21N3O4/c1-25-16-9-8-15(17(11-16)26-2)12-21-22-19(24)13-20-18(23)10-14-6-4-3-5-7-14/h3-9,11-12H,10,13H2,1-2H3,(H,20,23)(H,22,24)/b21-12+. The zero-order valence-corrected chi connectivity index (χ0v) is 14.7. The summed E-state index contributed by atoms with van der Waals surface area (Å²) in [5, 5.41) is 6.42. The van der Waals surface area contributed by atoms with E-state index in [0.29, 0.717) is 17.1 Å². The van der Waals surface area contributed by atoms with Crippen molar-refractivity contribution in [1.29, 1.82) is 0 Å². The molecule has 2 rings (SSSR count). The molecule has 0 spiro atoms. The maximum atomic E-state index is 11.8. The van der Waals surface area contributed by atoms with Crippen LogP contribution in [0.25, 0.3) is 0 Å². The Labute approximate surface area is 152 Å². The minimum Gasteiger partial charge on any atom is -0.497 e. The van der Waals surface area contributed by atoms with Gasteiger partial charge in [0.15, 0.2) is 0 Å². The summed E-state index contributed by atoms with van der Waals surface area (Å²) in [6.45, 7) is -0.150. The lowest BCUT2D eigenvalue weighted by Crippen LogP contribution is -2.35. The lowest BCUT2D eigenvalue weighted by Gasteiger charge is -2.07. The first-order valence-corrected chi connectivity index (χ1v) is 7.97. The molecule has 136 valence electrons. The predicted octanol–water partition coefficient (Wildman–Crippen LogP) is 1.51. The fraction of sp³-hybridized carbons (Fsp3) is 0.211. The van der Waals surface area contributed by atoms with Crippen molar-refractivity contribution in [3.8, 4) is 11.5 Å². The van der Waals surface area contributed by atoms with Crippen molar-refractivity contribution in [3.05, 3.63) is 59.7 Å². The Morgan fingerprint density at radius 1 is 1.04 bits per heavy atom. The van der Waals surface area contributed by atoms with Crippen molar-refractivity contribution in [2.45, 2.75) is 6.42 Å². The van der Waals surface area contributed by atoms with Crippen LogP contribution in [0.5, 0.6) is 11.5 Å². The van der Waals surface area contributed by atoms with Crippen molar-refractivity contribution in [2.75, 3.05) is 20.8 Å². The van der Waals surface area contributed by atoms with E-state index < -0.39 is 5.91 Å². The fourth-order valence-corrected chi connectivity index (χ4v) is 2.16. The molecule has 0 aliphatic rings. The Morgan fingerprint density at radius 3 is 2.50 bits per heavy atom. The maximum Gasteiger partial charge on any atom is 0.259 e. The minimum atomic E-state index is -0.421. The van der Waals surface area contributed by atoms with Crippen molar-refractivity contribution >= 4 is 18.0 Å². The third kappa shape index (κ3) is 5.94. The van der Waals surface area contributed by atoms with Crippen molar-refractivity contribution < 1.29 is 19.1 Å². The smallest absolute Gasteiger partial charge is 0.259 e. The second-order valence-corrected chi connectivity index (χ2v) is 5.34. The van der Waals surface area contributed by atoms with Gasteiger partial charge in [-0.25, -0.2) is 5.43 Å². The number of rotatable bonds is 8. The van der Waals surface area contributed by atoms with Crippen LogP contribution >= 0.6 is 0 Å². The zero-order valence-electron chi connectivity index (χ0n) is 14.7. The van der Waals surface area contributed by atoms with E-state index in [2.05, 4.69) is 15.8 Å². The summed E-state index contributed by atoms with van der Waals surface area (Å²) in [6.07, 6.45) is 1.68. The number of amides is 2. The Morgan fingerprint density at radius 2 is 1.81 bits per heavy atom. The molecule has 0 fully saturated rings. The number of nitrogens with zero attached hydrogens (tertiary/aromatic N) is 1. The number of nitrogens with one attached hydrogen (secondary N) is 2. The first kappa shape index (κ1) is 19.0. The van der Waals surface area contributed by atoms with Gasteiger partial charge in [0.25, 0.3) is 5.91 Å². The van der Waals surface area contributed by atoms with Crippen LogP contribution in [-0.2, 0) is 16.0 Å². The highest BCUT2D eigenvalue weighted by Gasteiger charge is 2.06. The molecular weight excluding hydrogens is 334 g/mol. The number of methoxy groups -OCH3 is 2. The number of benzene rings is 2. The summed E-state index contributed by atoms with van der Waals surface area (Å²) in [7, 11) is 3.10. The quantitative estimate of drug-likeness (QED) is 0.555. The van der Waals surface area contributed by atoms with Gasteiger partial charge >= 0.3 is 0 Å². The van der Waals surface area contributed by atoms with Gasteiger partial charge in [-0.3, -0.25) is 9.59 Å². The number of ether oxygens (including phenoxy) is 2. The van der Waals surface area contributed by atoms with Crippen LogP contribution in [0.3, 0.4) is 0 Å². The molecule has 26 heavy (non-hydrogen) atoms. The third-order valence-corrected chi connectivity index (χ3v) is 3.49. The van der Waals surface area contributed by atoms with Gasteiger partial charge in [-0.15, -0.1) is 0 Å². The van der Waals surface area contributed by atoms with E-state index in [-0.39, 0.29) is 18.9 Å². The van der Waals surface area contributed by atoms with E-state index in [9.17, 15) is 9.59 Å². The Kier molecular flexibility index (Phi) is 7.17. The monoisotopic (exact) mass is 355 g/mol. The lowest BCUT2D eigenvalue weighted by atomic mass is 10.1. The van der Waals surface area contributed by atoms with Gasteiger partial charge in [0, 0.05) is 11.6 Å². The molecule has 0 radical (unpaired) electrons. The largest absolute Gasteiger partial charge is 0.497 e. The van der Waals surface area contributed by atoms with Crippen LogP contribution in [0, 0.1) is 0 Å². The molecule has 2 N–H and O–H groups in total. The van der Waals surface area contributed by atoms with Gasteiger partial charge in [-0.2, -0.15) is 5.10 Å². The molecule has 0 aromatic heterocycles. The normalized spacial score (nSPS) is 10.4. The number of hydrogen-bond donors (Lipinski definition) is 2. The van der Waals surface area contributed by atoms with E-state index in [0.717, 1.165) is 5.56 Å². The molecule has 0 saturated carbocycles. The molecule has 0 aliphatic carbocycles. The average Bonchev–Trinajstić information content (AvgIpc) is 2.67. The number of carbonyl (C=O) groups excluding carboxylic acids is 2. The van der Waals surface area contributed by atoms with Crippen LogP contribution in [0.1, 0.15) is 11.1 Å². The highest BCUT2D eigenvalue weighted by atomic mass is 16.5. The molecule has 0 aliphatic heterocycles. The third-order valence-electron chi connectivity index (χ3n) is 3.49. The highest BCUT2D eigenvalue weighted by molar-refractivity contribution is 5.88. The Balaban J connectivity index is 1.79. The molecule has 2 aromatic carbocycles. The average molecular weight is 355 g/mol. The molecular formula is C19H21N3O4. The number of hydrogen-bond acceptors (Lipinski definition) is 5.